The molecular formula is C18H16N2O4S. The third-order valence-electron chi connectivity index (χ3n) is 4.03. The van der Waals surface area contributed by atoms with E-state index >= 15 is 0 Å². The quantitative estimate of drug-likeness (QED) is 0.512. The Kier molecular flexibility index (Phi) is 4.61. The number of hydrogen-bond acceptors (Lipinski definition) is 5. The van der Waals surface area contributed by atoms with E-state index in [9.17, 15) is 17.8 Å². The summed E-state index contributed by atoms with van der Waals surface area (Å²) in [5.74, 6) is -0.0616. The van der Waals surface area contributed by atoms with E-state index < -0.39 is 10.1 Å². The Morgan fingerprint density at radius 3 is 2.44 bits per heavy atom. The first-order valence-corrected chi connectivity index (χ1v) is 9.18. The average Bonchev–Trinajstić information content (AvgIpc) is 2.59. The van der Waals surface area contributed by atoms with Gasteiger partial charge in [0.1, 0.15) is 0 Å². The van der Waals surface area contributed by atoms with Crippen LogP contribution in [0.5, 0.6) is 0 Å². The van der Waals surface area contributed by atoms with Crippen molar-refractivity contribution in [2.75, 3.05) is 0 Å². The summed E-state index contributed by atoms with van der Waals surface area (Å²) < 4.78 is 32.1. The monoisotopic (exact) mass is 356 g/mol. The van der Waals surface area contributed by atoms with E-state index in [1.165, 1.54) is 24.3 Å². The standard InChI is InChI=1S/C18H16N2O4S/c1-2-12-3-10-18(20-19-13-4-6-14(21)7-5-13)16-9-8-15(11-17(12)16)25(22,23)24/h3-12H,2H2,1H3,(H,22,23,24)/b20-18-. The molecule has 1 atom stereocenters. The van der Waals surface area contributed by atoms with Crippen molar-refractivity contribution in [2.24, 2.45) is 10.2 Å². The third-order valence-corrected chi connectivity index (χ3v) is 4.88. The molecule has 6 nitrogen and oxygen atoms in total. The highest BCUT2D eigenvalue weighted by molar-refractivity contribution is 7.85. The third kappa shape index (κ3) is 3.72. The Hall–Kier alpha value is -2.64. The van der Waals surface area contributed by atoms with Gasteiger partial charge in [0.05, 0.1) is 16.3 Å². The fourth-order valence-corrected chi connectivity index (χ4v) is 3.23. The Balaban J connectivity index is 2.03. The first kappa shape index (κ1) is 17.2. The van der Waals surface area contributed by atoms with Gasteiger partial charge in [0.2, 0.25) is 0 Å². The van der Waals surface area contributed by atoms with Gasteiger partial charge in [-0.1, -0.05) is 19.1 Å². The molecule has 1 aromatic carbocycles. The largest absolute Gasteiger partial charge is 0.294 e. The second-order valence-electron chi connectivity index (χ2n) is 5.68. The van der Waals surface area contributed by atoms with Gasteiger partial charge < -0.3 is 0 Å². The number of fused-ring (bicyclic) bond motifs is 1. The molecule has 0 amide bonds. The van der Waals surface area contributed by atoms with E-state index in [-0.39, 0.29) is 16.6 Å². The molecule has 0 heterocycles. The van der Waals surface area contributed by atoms with E-state index in [4.69, 9.17) is 0 Å². The van der Waals surface area contributed by atoms with Gasteiger partial charge in [0.25, 0.3) is 10.1 Å². The summed E-state index contributed by atoms with van der Waals surface area (Å²) in [6, 6.07) is 4.45. The van der Waals surface area contributed by atoms with Gasteiger partial charge >= 0.3 is 0 Å². The zero-order chi connectivity index (χ0) is 18.0. The number of rotatable bonds is 3. The molecule has 1 unspecified atom stereocenters. The SMILES string of the molecule is CCC1C=C/C(=N/N=C2C=CC(=O)C=C2)c2ccc(S(=O)(=O)O)cc21. The lowest BCUT2D eigenvalue weighted by Crippen LogP contribution is -2.12. The molecular weight excluding hydrogens is 340 g/mol. The van der Waals surface area contributed by atoms with Gasteiger partial charge in [0, 0.05) is 11.5 Å². The number of allylic oxidation sites excluding steroid dienone is 6. The molecule has 0 spiro atoms. The van der Waals surface area contributed by atoms with Crippen molar-refractivity contribution in [1.29, 1.82) is 0 Å². The van der Waals surface area contributed by atoms with Gasteiger partial charge in [-0.05, 0) is 54.5 Å². The summed E-state index contributed by atoms with van der Waals surface area (Å²) in [6.07, 6.45) is 10.5. The summed E-state index contributed by atoms with van der Waals surface area (Å²) in [7, 11) is -4.26. The van der Waals surface area contributed by atoms with Gasteiger partial charge in [0.15, 0.2) is 5.78 Å². The van der Waals surface area contributed by atoms with Crippen molar-refractivity contribution in [1.82, 2.24) is 0 Å². The Morgan fingerprint density at radius 2 is 1.80 bits per heavy atom. The molecule has 0 aliphatic heterocycles. The lowest BCUT2D eigenvalue weighted by Gasteiger charge is -2.21. The molecule has 0 saturated heterocycles. The highest BCUT2D eigenvalue weighted by Crippen LogP contribution is 2.31. The molecule has 2 aliphatic carbocycles. The topological polar surface area (TPSA) is 96.2 Å². The summed E-state index contributed by atoms with van der Waals surface area (Å²) in [5, 5.41) is 8.35. The second kappa shape index (κ2) is 6.70. The van der Waals surface area contributed by atoms with Crippen LogP contribution in [0.4, 0.5) is 0 Å². The number of nitrogens with zero attached hydrogens (tertiary/aromatic N) is 2. The molecule has 1 N–H and O–H groups in total. The van der Waals surface area contributed by atoms with Crippen LogP contribution < -0.4 is 0 Å². The molecule has 128 valence electrons. The van der Waals surface area contributed by atoms with Crippen molar-refractivity contribution >= 4 is 27.3 Å². The minimum absolute atomic E-state index is 0.0374. The van der Waals surface area contributed by atoms with Crippen LogP contribution in [0.25, 0.3) is 0 Å². The minimum atomic E-state index is -4.26. The maximum atomic E-state index is 11.4. The first-order valence-electron chi connectivity index (χ1n) is 7.74. The van der Waals surface area contributed by atoms with Crippen molar-refractivity contribution in [3.8, 4) is 0 Å². The van der Waals surface area contributed by atoms with Crippen LogP contribution in [-0.2, 0) is 14.9 Å². The summed E-state index contributed by atoms with van der Waals surface area (Å²) in [6.45, 7) is 2.00. The highest BCUT2D eigenvalue weighted by atomic mass is 32.2. The molecule has 25 heavy (non-hydrogen) atoms. The van der Waals surface area contributed by atoms with E-state index in [1.807, 2.05) is 19.1 Å². The van der Waals surface area contributed by atoms with E-state index in [1.54, 1.807) is 18.2 Å². The van der Waals surface area contributed by atoms with Gasteiger partial charge in [-0.15, -0.1) is 5.10 Å². The highest BCUT2D eigenvalue weighted by Gasteiger charge is 2.22. The molecule has 0 aromatic heterocycles. The maximum Gasteiger partial charge on any atom is 0.294 e. The van der Waals surface area contributed by atoms with Crippen LogP contribution in [-0.4, -0.2) is 30.2 Å². The maximum absolute atomic E-state index is 11.4. The molecule has 2 aliphatic rings. The van der Waals surface area contributed by atoms with Crippen molar-refractivity contribution < 1.29 is 17.8 Å². The number of benzene rings is 1. The smallest absolute Gasteiger partial charge is 0.290 e. The van der Waals surface area contributed by atoms with Gasteiger partial charge in [-0.3, -0.25) is 9.35 Å². The van der Waals surface area contributed by atoms with Crippen molar-refractivity contribution in [3.63, 3.8) is 0 Å². The lowest BCUT2D eigenvalue weighted by atomic mass is 9.85. The van der Waals surface area contributed by atoms with Crippen LogP contribution in [0.3, 0.4) is 0 Å². The van der Waals surface area contributed by atoms with E-state index in [0.29, 0.717) is 11.4 Å². The zero-order valence-corrected chi connectivity index (χ0v) is 14.3. The van der Waals surface area contributed by atoms with Crippen LogP contribution in [0, 0.1) is 0 Å². The van der Waals surface area contributed by atoms with Gasteiger partial charge in [-0.2, -0.15) is 13.5 Å². The summed E-state index contributed by atoms with van der Waals surface area (Å²) in [5.41, 5.74) is 2.69. The second-order valence-corrected chi connectivity index (χ2v) is 7.10. The molecule has 0 saturated carbocycles. The summed E-state index contributed by atoms with van der Waals surface area (Å²) >= 11 is 0. The number of carbonyl (C=O) groups is 1. The first-order chi connectivity index (χ1) is 11.9. The summed E-state index contributed by atoms with van der Waals surface area (Å²) in [4.78, 5) is 11.0. The predicted molar refractivity (Wildman–Crippen MR) is 95.7 cm³/mol. The van der Waals surface area contributed by atoms with E-state index in [2.05, 4.69) is 10.2 Å². The zero-order valence-electron chi connectivity index (χ0n) is 13.5. The number of ketones is 1. The van der Waals surface area contributed by atoms with Crippen molar-refractivity contribution in [3.05, 3.63) is 65.8 Å². The number of carbonyl (C=O) groups excluding carboxylic acids is 1. The Bertz CT molecular complexity index is 964. The normalized spacial score (nSPS) is 20.9. The number of hydrogen-bond donors (Lipinski definition) is 1. The van der Waals surface area contributed by atoms with Gasteiger partial charge in [-0.25, -0.2) is 0 Å². The Labute approximate surface area is 145 Å². The Morgan fingerprint density at radius 1 is 1.08 bits per heavy atom. The molecule has 0 fully saturated rings. The average molecular weight is 356 g/mol. The van der Waals surface area contributed by atoms with Crippen LogP contribution >= 0.6 is 0 Å². The van der Waals surface area contributed by atoms with Crippen LogP contribution in [0.15, 0.2) is 69.8 Å². The molecule has 0 bridgehead atoms. The molecule has 0 radical (unpaired) electrons. The van der Waals surface area contributed by atoms with Crippen molar-refractivity contribution in [2.45, 2.75) is 24.2 Å². The fraction of sp³-hybridized carbons (Fsp3) is 0.167. The molecule has 1 aromatic rings. The fourth-order valence-electron chi connectivity index (χ4n) is 2.71. The molecule has 7 heteroatoms. The predicted octanol–water partition coefficient (Wildman–Crippen LogP) is 2.84. The van der Waals surface area contributed by atoms with Crippen LogP contribution in [0.2, 0.25) is 0 Å². The lowest BCUT2D eigenvalue weighted by molar-refractivity contribution is -0.110. The van der Waals surface area contributed by atoms with Crippen LogP contribution in [0.1, 0.15) is 30.4 Å². The molecule has 3 rings (SSSR count). The minimum Gasteiger partial charge on any atom is -0.290 e. The van der Waals surface area contributed by atoms with E-state index in [0.717, 1.165) is 17.5 Å².